The summed E-state index contributed by atoms with van der Waals surface area (Å²) in [5.41, 5.74) is 1.72. The van der Waals surface area contributed by atoms with Gasteiger partial charge in [0.1, 0.15) is 26.4 Å². The van der Waals surface area contributed by atoms with Crippen LogP contribution < -0.4 is 308 Å². The Morgan fingerprint density at radius 3 is 0.988 bits per heavy atom. The molecule has 0 amide bonds. The fourth-order valence-corrected chi connectivity index (χ4v) is 12.3. The molecule has 3 aromatic carbocycles. The maximum atomic E-state index is 12.3. The monoisotopic (exact) mass is 1370 g/mol. The molecule has 6 rings (SSSR count). The molecule has 0 atom stereocenters. The number of nitrogens with zero attached hydrogens (tertiary/aromatic N) is 3. The summed E-state index contributed by atoms with van der Waals surface area (Å²) >= 11 is 7.90. The Kier molecular flexibility index (Phi) is 51.5. The molecular weight excluding hydrogens is 1320 g/mol. The van der Waals surface area contributed by atoms with Crippen LogP contribution in [-0.2, 0) is 68.0 Å². The first kappa shape index (κ1) is 89.5. The van der Waals surface area contributed by atoms with E-state index in [-0.39, 0.29) is 376 Å². The normalized spacial score (nSPS) is 12.9. The summed E-state index contributed by atoms with van der Waals surface area (Å²) in [4.78, 5) is 84.1. The van der Waals surface area contributed by atoms with Gasteiger partial charge in [-0.3, -0.25) is 49.8 Å². The number of carbonyl (C=O) groups excluding carboxylic acids is 6. The Morgan fingerprint density at radius 2 is 0.695 bits per heavy atom. The predicted molar refractivity (Wildman–Crippen MR) is 291 cm³/mol. The average molecular weight is 1370 g/mol. The molecule has 0 spiro atoms. The van der Waals surface area contributed by atoms with Gasteiger partial charge in [0.2, 0.25) is 0 Å². The second-order valence-corrected chi connectivity index (χ2v) is 23.7. The predicted octanol–water partition coefficient (Wildman–Crippen LogP) is -6.06. The van der Waals surface area contributed by atoms with Crippen LogP contribution in [0.5, 0.6) is 0 Å². The minimum atomic E-state index is -0.743. The van der Waals surface area contributed by atoms with Gasteiger partial charge in [-0.05, 0) is 12.8 Å². The van der Waals surface area contributed by atoms with Crippen molar-refractivity contribution < 1.29 is 365 Å². The molecule has 3 aromatic rings. The van der Waals surface area contributed by atoms with Crippen LogP contribution in [0.15, 0.2) is 121 Å². The molecule has 27 heteroatoms. The topological polar surface area (TPSA) is 171 Å². The molecule has 0 unspecified atom stereocenters. The summed E-state index contributed by atoms with van der Waals surface area (Å²) in [5.74, 6) is -3.79. The maximum Gasteiger partial charge on any atom is 1.00 e. The van der Waals surface area contributed by atoms with Crippen molar-refractivity contribution in [3.05, 3.63) is 174 Å². The molecule has 82 heavy (non-hydrogen) atoms. The van der Waals surface area contributed by atoms with Crippen molar-refractivity contribution in [2.45, 2.75) is 94.6 Å². The van der Waals surface area contributed by atoms with Crippen LogP contribution >= 0.6 is 70.6 Å². The Hall–Kier alpha value is 3.31. The number of esters is 6. The molecule has 0 aromatic heterocycles. The fraction of sp³-hybridized carbons (Fsp3) is 0.291. The fourth-order valence-electron chi connectivity index (χ4n) is 5.37. The summed E-state index contributed by atoms with van der Waals surface area (Å²) in [6.07, 6.45) is 4.24. The molecular formula is C55H47K6N3O12S6. The molecule has 0 aliphatic carbocycles. The molecule has 396 valence electrons. The van der Waals surface area contributed by atoms with Gasteiger partial charge in [-0.1, -0.05) is 72.1 Å². The van der Waals surface area contributed by atoms with Gasteiger partial charge in [0.15, 0.2) is 0 Å². The second kappa shape index (κ2) is 47.2. The van der Waals surface area contributed by atoms with Gasteiger partial charge >= 0.3 is 344 Å². The van der Waals surface area contributed by atoms with Crippen LogP contribution in [0, 0.1) is 56.1 Å². The third kappa shape index (κ3) is 30.8. The molecule has 0 N–H and O–H groups in total. The Morgan fingerprint density at radius 1 is 0.439 bits per heavy atom. The van der Waals surface area contributed by atoms with Gasteiger partial charge in [0, 0.05) is 30.9 Å². The van der Waals surface area contributed by atoms with Crippen molar-refractivity contribution in [1.82, 2.24) is 0 Å². The third-order valence-electron chi connectivity index (χ3n) is 9.24. The van der Waals surface area contributed by atoms with E-state index in [1.807, 2.05) is 12.1 Å². The van der Waals surface area contributed by atoms with E-state index in [2.05, 4.69) is 117 Å². The van der Waals surface area contributed by atoms with Gasteiger partial charge in [0.05, 0.1) is 32.9 Å². The van der Waals surface area contributed by atoms with Gasteiger partial charge in [-0.25, -0.2) is 58.3 Å². The minimum Gasteiger partial charge on any atom is -0.471 e. The van der Waals surface area contributed by atoms with Crippen LogP contribution in [-0.4, -0.2) is 75.5 Å². The van der Waals surface area contributed by atoms with E-state index in [4.69, 9.17) is 43.4 Å². The Labute approximate surface area is 762 Å². The minimum absolute atomic E-state index is 0. The Balaban J connectivity index is -0.00000111. The summed E-state index contributed by atoms with van der Waals surface area (Å²) < 4.78 is 31.1. The van der Waals surface area contributed by atoms with Crippen LogP contribution in [0.1, 0.15) is 65.5 Å². The van der Waals surface area contributed by atoms with E-state index in [1.165, 1.54) is 70.6 Å². The number of hydrogen-bond donors (Lipinski definition) is 0. The number of ether oxygens (including phenoxy) is 6. The van der Waals surface area contributed by atoms with E-state index in [0.717, 1.165) is 58.7 Å². The number of fused-ring (bicyclic) bond motifs is 3. The van der Waals surface area contributed by atoms with Gasteiger partial charge < -0.3 is 64.8 Å². The largest absolute Gasteiger partial charge is 1.00 e. The number of rotatable bonds is 17. The zero-order valence-corrected chi connectivity index (χ0v) is 71.6. The van der Waals surface area contributed by atoms with E-state index in [9.17, 15) is 28.8 Å². The molecule has 0 radical (unpaired) electrons. The van der Waals surface area contributed by atoms with Gasteiger partial charge in [-0.15, -0.1) is 0 Å². The molecule has 0 fully saturated rings. The smallest absolute Gasteiger partial charge is 0.471 e. The Bertz CT molecular complexity index is 2990. The van der Waals surface area contributed by atoms with E-state index < -0.39 is 35.8 Å². The molecule has 15 nitrogen and oxygen atoms in total. The summed E-state index contributed by atoms with van der Waals surface area (Å²) in [6, 6.07) is 26.4. The molecule has 3 aliphatic heterocycles. The van der Waals surface area contributed by atoms with Crippen LogP contribution in [0.4, 0.5) is 0 Å². The van der Waals surface area contributed by atoms with Crippen molar-refractivity contribution in [3.8, 4) is 0 Å². The zero-order valence-electron chi connectivity index (χ0n) is 48.0. The number of hydrogen-bond acceptors (Lipinski definition) is 18. The average Bonchev–Trinajstić information content (AvgIpc) is 4.14. The number of unbranched alkanes of at least 4 members (excludes halogenated alkanes) is 1. The van der Waals surface area contributed by atoms with E-state index >= 15 is 0 Å². The van der Waals surface area contributed by atoms with Crippen LogP contribution in [0.25, 0.3) is 14.5 Å². The van der Waals surface area contributed by atoms with Crippen molar-refractivity contribution in [2.75, 3.05) is 39.6 Å². The van der Waals surface area contributed by atoms with Crippen molar-refractivity contribution >= 4 is 106 Å². The zero-order chi connectivity index (χ0) is 56.0. The molecule has 0 bridgehead atoms. The van der Waals surface area contributed by atoms with Gasteiger partial charge in [-0.2, -0.15) is 70.6 Å². The SMILES string of the molecule is [C-]#[N+]/C(C(=O)OCCCCOC(=O)C=C)=C1/Sc2[c-]cc(C(C)(C)C)[c-]c2S1.[C-]#[N+]/C(C(=O)OCCOC(=O)C=C)=C1/Sc2[c-]cc(C(C)(C)C)[c-]c2S1.[C-]#[N+]C(C(=O)OCCOC(=O)C=C)=C1Sc2[c-]cc[c-]c2S1.[K+].[K+].[K+].[K+].[K+].[K+]. The third-order valence-corrected chi connectivity index (χ3v) is 16.5. The number of benzene rings is 3. The molecule has 0 saturated carbocycles. The number of carbonyl (C=O) groups is 6. The van der Waals surface area contributed by atoms with Crippen molar-refractivity contribution in [3.63, 3.8) is 0 Å². The first-order valence-electron chi connectivity index (χ1n) is 22.4. The summed E-state index contributed by atoms with van der Waals surface area (Å²) in [5, 5.41) is 0. The second-order valence-electron chi connectivity index (χ2n) is 16.8. The van der Waals surface area contributed by atoms with E-state index in [1.54, 1.807) is 12.1 Å². The number of thioether (sulfide) groups is 6. The summed E-state index contributed by atoms with van der Waals surface area (Å²) in [7, 11) is 0. The maximum absolute atomic E-state index is 12.3. The van der Waals surface area contributed by atoms with Crippen LogP contribution in [0.2, 0.25) is 0 Å². The first-order valence-corrected chi connectivity index (χ1v) is 27.3. The van der Waals surface area contributed by atoms with Crippen molar-refractivity contribution in [2.24, 2.45) is 0 Å². The van der Waals surface area contributed by atoms with E-state index in [0.29, 0.717) is 25.6 Å². The molecule has 0 saturated heterocycles. The quantitative estimate of drug-likeness (QED) is 0.0312. The van der Waals surface area contributed by atoms with Crippen LogP contribution in [0.3, 0.4) is 0 Å². The van der Waals surface area contributed by atoms with Gasteiger partial charge in [0.25, 0.3) is 17.1 Å². The molecule has 3 aliphatic rings. The van der Waals surface area contributed by atoms with Crippen molar-refractivity contribution in [1.29, 1.82) is 0 Å². The standard InChI is InChI=1S/C21H21NO4S2.C19H17NO4S2.C15H9NO4S2.6K/c1-6-17(23)25-11-7-8-12-26-19(24)18(22-5)20-27-15-10-9-14(21(2,3)4)13-16(15)28-20;1-6-15(21)23-9-10-24-17(22)16(20-5)18-25-13-8-7-12(19(2,3)4)11-14(13)26-18;1-3-12(17)19-8-9-20-14(18)13(16-2)15-21-10-6-4-5-7-11(10)22-15;;;;;;/h6,9H,1,7-8,11-12H2,2-4H3;6-7H,1,9-10H2,2-4H3;3-5H,1,8-9H2;;;;;;/q3*-2;6*+1/b20-18-;18-16-;;;;;;;. The first-order chi connectivity index (χ1) is 36.2. The summed E-state index contributed by atoms with van der Waals surface area (Å²) in [6.45, 7) is 44.2. The molecule has 3 heterocycles.